The highest BCUT2D eigenvalue weighted by molar-refractivity contribution is 8.00. The average Bonchev–Trinajstić information content (AvgIpc) is 2.93. The Hall–Kier alpha value is -4.36. The second kappa shape index (κ2) is 12.7. The van der Waals surface area contributed by atoms with Crippen LogP contribution in [0.3, 0.4) is 0 Å². The van der Waals surface area contributed by atoms with Gasteiger partial charge in [-0.2, -0.15) is 0 Å². The van der Waals surface area contributed by atoms with Gasteiger partial charge in [-0.25, -0.2) is 4.79 Å². The van der Waals surface area contributed by atoms with Crippen molar-refractivity contribution in [2.75, 3.05) is 17.2 Å². The molecule has 2 amide bonds. The van der Waals surface area contributed by atoms with Crippen LogP contribution in [-0.2, 0) is 9.53 Å². The zero-order valence-corrected chi connectivity index (χ0v) is 22.0. The number of amides is 2. The van der Waals surface area contributed by atoms with Crippen molar-refractivity contribution in [2.45, 2.75) is 24.0 Å². The zero-order valence-electron chi connectivity index (χ0n) is 21.1. The molecule has 6 nitrogen and oxygen atoms in total. The maximum Gasteiger partial charge on any atom is 0.338 e. The number of benzene rings is 4. The molecule has 0 saturated heterocycles. The molecule has 0 aromatic heterocycles. The van der Waals surface area contributed by atoms with Gasteiger partial charge >= 0.3 is 5.97 Å². The fraction of sp³-hybridized carbons (Fsp3) is 0.129. The smallest absolute Gasteiger partial charge is 0.338 e. The third-order valence-corrected chi connectivity index (χ3v) is 6.99. The van der Waals surface area contributed by atoms with Gasteiger partial charge in [-0.1, -0.05) is 54.6 Å². The Morgan fingerprint density at radius 1 is 0.789 bits per heavy atom. The number of carbonyl (C=O) groups is 3. The second-order valence-electron chi connectivity index (χ2n) is 8.49. The Morgan fingerprint density at radius 2 is 1.50 bits per heavy atom. The van der Waals surface area contributed by atoms with Gasteiger partial charge in [-0.15, -0.1) is 11.8 Å². The first-order valence-electron chi connectivity index (χ1n) is 12.2. The molecule has 4 rings (SSSR count). The first-order chi connectivity index (χ1) is 18.4. The topological polar surface area (TPSA) is 84.5 Å². The molecule has 0 aliphatic carbocycles. The highest BCUT2D eigenvalue weighted by Gasteiger charge is 2.23. The largest absolute Gasteiger partial charge is 0.462 e. The molecule has 0 aliphatic heterocycles. The lowest BCUT2D eigenvalue weighted by atomic mass is 10.1. The monoisotopic (exact) mass is 524 g/mol. The van der Waals surface area contributed by atoms with Crippen LogP contribution in [0.25, 0.3) is 0 Å². The first-order valence-corrected chi connectivity index (χ1v) is 13.1. The van der Waals surface area contributed by atoms with Crippen LogP contribution in [0.2, 0.25) is 0 Å². The molecule has 0 spiro atoms. The summed E-state index contributed by atoms with van der Waals surface area (Å²) in [6.07, 6.45) is 0. The Balaban J connectivity index is 1.51. The van der Waals surface area contributed by atoms with E-state index in [-0.39, 0.29) is 11.8 Å². The quantitative estimate of drug-likeness (QED) is 0.184. The average molecular weight is 525 g/mol. The Morgan fingerprint density at radius 3 is 2.21 bits per heavy atom. The standard InChI is InChI=1S/C31H28N2O4S/c1-3-37-31(36)23-16-18-24(19-17-23)32-30(35)28(22-11-5-4-6-12-22)38-26-14-9-13-25(20-26)33-29(34)27-15-8-7-10-21(27)2/h4-20,28H,3H2,1-2H3,(H,32,35)(H,33,34). The second-order valence-corrected chi connectivity index (χ2v) is 9.67. The molecule has 0 heterocycles. The van der Waals surface area contributed by atoms with Crippen molar-refractivity contribution in [3.8, 4) is 0 Å². The van der Waals surface area contributed by atoms with Crippen molar-refractivity contribution in [1.82, 2.24) is 0 Å². The highest BCUT2D eigenvalue weighted by atomic mass is 32.2. The van der Waals surface area contributed by atoms with E-state index in [2.05, 4.69) is 10.6 Å². The summed E-state index contributed by atoms with van der Waals surface area (Å²) in [5.41, 5.74) is 3.98. The lowest BCUT2D eigenvalue weighted by Gasteiger charge is -2.18. The van der Waals surface area contributed by atoms with E-state index >= 15 is 0 Å². The van der Waals surface area contributed by atoms with Gasteiger partial charge in [-0.3, -0.25) is 9.59 Å². The fourth-order valence-electron chi connectivity index (χ4n) is 3.82. The molecular weight excluding hydrogens is 496 g/mol. The summed E-state index contributed by atoms with van der Waals surface area (Å²) >= 11 is 1.39. The first kappa shape index (κ1) is 26.7. The predicted octanol–water partition coefficient (Wildman–Crippen LogP) is 6.90. The van der Waals surface area contributed by atoms with Crippen molar-refractivity contribution in [3.63, 3.8) is 0 Å². The van der Waals surface area contributed by atoms with Crippen LogP contribution >= 0.6 is 11.8 Å². The molecule has 2 N–H and O–H groups in total. The number of carbonyl (C=O) groups excluding carboxylic acids is 3. The molecule has 0 bridgehead atoms. The normalized spacial score (nSPS) is 11.3. The van der Waals surface area contributed by atoms with E-state index in [1.807, 2.05) is 79.7 Å². The van der Waals surface area contributed by atoms with E-state index in [0.717, 1.165) is 16.0 Å². The Kier molecular flexibility index (Phi) is 8.95. The van der Waals surface area contributed by atoms with Crippen molar-refractivity contribution in [2.24, 2.45) is 0 Å². The van der Waals surface area contributed by atoms with E-state index in [1.165, 1.54) is 11.8 Å². The maximum atomic E-state index is 13.4. The molecule has 4 aromatic carbocycles. The summed E-state index contributed by atoms with van der Waals surface area (Å²) in [6.45, 7) is 3.94. The van der Waals surface area contributed by atoms with E-state index < -0.39 is 11.2 Å². The van der Waals surface area contributed by atoms with Crippen molar-refractivity contribution >= 4 is 40.9 Å². The van der Waals surface area contributed by atoms with Gasteiger partial charge in [0.15, 0.2) is 0 Å². The molecule has 7 heteroatoms. The molecule has 38 heavy (non-hydrogen) atoms. The van der Waals surface area contributed by atoms with Crippen LogP contribution in [0.1, 0.15) is 44.0 Å². The molecule has 1 unspecified atom stereocenters. The SMILES string of the molecule is CCOC(=O)c1ccc(NC(=O)C(Sc2cccc(NC(=O)c3ccccc3C)c2)c2ccccc2)cc1. The van der Waals surface area contributed by atoms with Crippen LogP contribution in [0, 0.1) is 6.92 Å². The minimum Gasteiger partial charge on any atom is -0.462 e. The summed E-state index contributed by atoms with van der Waals surface area (Å²) in [4.78, 5) is 39.0. The molecule has 4 aromatic rings. The van der Waals surface area contributed by atoms with Gasteiger partial charge in [0.25, 0.3) is 5.91 Å². The summed E-state index contributed by atoms with van der Waals surface area (Å²) in [5, 5.41) is 5.35. The third kappa shape index (κ3) is 6.89. The zero-order chi connectivity index (χ0) is 26.9. The summed E-state index contributed by atoms with van der Waals surface area (Å²) < 4.78 is 5.02. The molecule has 192 valence electrons. The minimum atomic E-state index is -0.553. The van der Waals surface area contributed by atoms with Gasteiger partial charge in [-0.05, 0) is 73.5 Å². The van der Waals surface area contributed by atoms with Crippen LogP contribution in [0.15, 0.2) is 108 Å². The maximum absolute atomic E-state index is 13.4. The number of rotatable bonds is 9. The van der Waals surface area contributed by atoms with E-state index in [1.54, 1.807) is 37.3 Å². The number of thioether (sulfide) groups is 1. The van der Waals surface area contributed by atoms with Gasteiger partial charge in [0.05, 0.1) is 12.2 Å². The lowest BCUT2D eigenvalue weighted by molar-refractivity contribution is -0.115. The van der Waals surface area contributed by atoms with Gasteiger partial charge < -0.3 is 15.4 Å². The Bertz CT molecular complexity index is 1420. The van der Waals surface area contributed by atoms with Crippen LogP contribution in [-0.4, -0.2) is 24.4 Å². The molecule has 0 fully saturated rings. The number of hydrogen-bond acceptors (Lipinski definition) is 5. The molecule has 1 atom stereocenters. The number of aryl methyl sites for hydroxylation is 1. The van der Waals surface area contributed by atoms with E-state index in [0.29, 0.717) is 29.1 Å². The number of nitrogens with one attached hydrogen (secondary N) is 2. The molecule has 0 saturated carbocycles. The fourth-order valence-corrected chi connectivity index (χ4v) is 4.91. The Labute approximate surface area is 226 Å². The van der Waals surface area contributed by atoms with Gasteiger partial charge in [0.1, 0.15) is 5.25 Å². The van der Waals surface area contributed by atoms with Crippen molar-refractivity contribution in [1.29, 1.82) is 0 Å². The lowest BCUT2D eigenvalue weighted by Crippen LogP contribution is -2.19. The minimum absolute atomic E-state index is 0.186. The predicted molar refractivity (Wildman–Crippen MR) is 152 cm³/mol. The molecule has 0 radical (unpaired) electrons. The van der Waals surface area contributed by atoms with Crippen molar-refractivity contribution in [3.05, 3.63) is 125 Å². The summed E-state index contributed by atoms with van der Waals surface area (Å²) in [6, 6.07) is 31.0. The van der Waals surface area contributed by atoms with Crippen molar-refractivity contribution < 1.29 is 19.1 Å². The van der Waals surface area contributed by atoms with Gasteiger partial charge in [0.2, 0.25) is 5.91 Å². The summed E-state index contributed by atoms with van der Waals surface area (Å²) in [7, 11) is 0. The van der Waals surface area contributed by atoms with E-state index in [4.69, 9.17) is 4.74 Å². The number of hydrogen-bond donors (Lipinski definition) is 2. The third-order valence-electron chi connectivity index (χ3n) is 5.74. The van der Waals surface area contributed by atoms with Crippen LogP contribution in [0.5, 0.6) is 0 Å². The van der Waals surface area contributed by atoms with Crippen LogP contribution in [0.4, 0.5) is 11.4 Å². The number of esters is 1. The molecular formula is C31H28N2O4S. The van der Waals surface area contributed by atoms with Crippen LogP contribution < -0.4 is 10.6 Å². The number of ether oxygens (including phenoxy) is 1. The van der Waals surface area contributed by atoms with Gasteiger partial charge in [0, 0.05) is 21.8 Å². The molecule has 0 aliphatic rings. The highest BCUT2D eigenvalue weighted by Crippen LogP contribution is 2.37. The number of anilines is 2. The van der Waals surface area contributed by atoms with E-state index in [9.17, 15) is 14.4 Å². The summed E-state index contributed by atoms with van der Waals surface area (Å²) in [5.74, 6) is -0.800.